The molecule has 5 heteroatoms. The van der Waals surface area contributed by atoms with Gasteiger partial charge in [0, 0.05) is 29.8 Å². The third kappa shape index (κ3) is 9.78. The van der Waals surface area contributed by atoms with Gasteiger partial charge >= 0.3 is 5.97 Å². The van der Waals surface area contributed by atoms with Gasteiger partial charge in [-0.1, -0.05) is 49.1 Å². The van der Waals surface area contributed by atoms with E-state index in [9.17, 15) is 14.7 Å². The van der Waals surface area contributed by atoms with Crippen LogP contribution in [0.1, 0.15) is 82.8 Å². The zero-order valence-electron chi connectivity index (χ0n) is 19.5. The van der Waals surface area contributed by atoms with Crippen LogP contribution in [0.5, 0.6) is 0 Å². The molecule has 0 heterocycles. The number of aliphatic hydroxyl groups is 1. The number of rotatable bonds is 14. The summed E-state index contributed by atoms with van der Waals surface area (Å²) in [6.45, 7) is 6.28. The molecule has 2 rings (SSSR count). The monoisotopic (exact) mass is 448 g/mol. The first kappa shape index (κ1) is 25.9. The van der Waals surface area contributed by atoms with Crippen LogP contribution in [0, 0.1) is 12.8 Å². The molecule has 31 heavy (non-hydrogen) atoms. The summed E-state index contributed by atoms with van der Waals surface area (Å²) in [7, 11) is 0. The number of esters is 1. The van der Waals surface area contributed by atoms with Gasteiger partial charge in [0.1, 0.15) is 5.78 Å². The van der Waals surface area contributed by atoms with E-state index in [1.54, 1.807) is 11.8 Å². The summed E-state index contributed by atoms with van der Waals surface area (Å²) in [5.41, 5.74) is 1.79. The van der Waals surface area contributed by atoms with Crippen molar-refractivity contribution >= 4 is 23.5 Å². The number of unbranched alkanes of at least 4 members (excludes halogenated alkanes) is 3. The van der Waals surface area contributed by atoms with E-state index in [4.69, 9.17) is 4.74 Å². The van der Waals surface area contributed by atoms with Crippen LogP contribution in [0.4, 0.5) is 0 Å². The summed E-state index contributed by atoms with van der Waals surface area (Å²) in [6.07, 6.45) is 8.58. The second kappa shape index (κ2) is 13.3. The van der Waals surface area contributed by atoms with Crippen LogP contribution < -0.4 is 0 Å². The normalized spacial score (nSPS) is 20.6. The molecule has 0 spiro atoms. The van der Waals surface area contributed by atoms with Crippen LogP contribution in [-0.2, 0) is 20.7 Å². The average molecular weight is 449 g/mol. The highest BCUT2D eigenvalue weighted by atomic mass is 32.2. The SMILES string of the molecule is CCOC(=O)CCCCCCC1C(=O)CCC1SCC(C)(O)CCc1ccc(C)cc1. The molecule has 0 bridgehead atoms. The Labute approximate surface area is 192 Å². The quantitative estimate of drug-likeness (QED) is 0.294. The molecule has 0 aliphatic heterocycles. The highest BCUT2D eigenvalue weighted by molar-refractivity contribution is 8.00. The van der Waals surface area contributed by atoms with Gasteiger partial charge in [-0.2, -0.15) is 11.8 Å². The molecule has 1 aliphatic rings. The Morgan fingerprint density at radius 3 is 2.61 bits per heavy atom. The fourth-order valence-corrected chi connectivity index (χ4v) is 5.69. The van der Waals surface area contributed by atoms with Crippen LogP contribution >= 0.6 is 11.8 Å². The van der Waals surface area contributed by atoms with Crippen LogP contribution in [-0.4, -0.2) is 40.1 Å². The molecule has 1 aliphatic carbocycles. The smallest absolute Gasteiger partial charge is 0.305 e. The van der Waals surface area contributed by atoms with E-state index in [2.05, 4.69) is 31.2 Å². The van der Waals surface area contributed by atoms with E-state index in [0.717, 1.165) is 51.4 Å². The molecule has 3 atom stereocenters. The van der Waals surface area contributed by atoms with E-state index in [0.29, 0.717) is 36.2 Å². The van der Waals surface area contributed by atoms with Crippen molar-refractivity contribution in [3.05, 3.63) is 35.4 Å². The Morgan fingerprint density at radius 1 is 1.19 bits per heavy atom. The average Bonchev–Trinajstić information content (AvgIpc) is 3.08. The number of carbonyl (C=O) groups is 2. The van der Waals surface area contributed by atoms with Crippen molar-refractivity contribution in [1.29, 1.82) is 0 Å². The molecule has 0 amide bonds. The van der Waals surface area contributed by atoms with Crippen molar-refractivity contribution in [1.82, 2.24) is 0 Å². The summed E-state index contributed by atoms with van der Waals surface area (Å²) in [4.78, 5) is 23.8. The number of carbonyl (C=O) groups excluding carboxylic acids is 2. The number of aryl methyl sites for hydroxylation is 2. The van der Waals surface area contributed by atoms with Crippen molar-refractivity contribution in [3.63, 3.8) is 0 Å². The lowest BCUT2D eigenvalue weighted by atomic mass is 9.98. The number of benzene rings is 1. The predicted octanol–water partition coefficient (Wildman–Crippen LogP) is 5.66. The van der Waals surface area contributed by atoms with Gasteiger partial charge in [-0.25, -0.2) is 0 Å². The highest BCUT2D eigenvalue weighted by Gasteiger charge is 2.35. The first-order valence-corrected chi connectivity index (χ1v) is 12.9. The van der Waals surface area contributed by atoms with Gasteiger partial charge in [0.25, 0.3) is 0 Å². The second-order valence-electron chi connectivity index (χ2n) is 9.20. The fourth-order valence-electron chi connectivity index (χ4n) is 4.17. The third-order valence-corrected chi connectivity index (χ3v) is 7.95. The first-order chi connectivity index (χ1) is 14.8. The molecule has 1 N–H and O–H groups in total. The van der Waals surface area contributed by atoms with Crippen molar-refractivity contribution in [2.75, 3.05) is 12.4 Å². The maximum atomic E-state index is 12.4. The molecule has 3 unspecified atom stereocenters. The van der Waals surface area contributed by atoms with Crippen LogP contribution in [0.3, 0.4) is 0 Å². The van der Waals surface area contributed by atoms with E-state index in [1.807, 2.05) is 13.8 Å². The van der Waals surface area contributed by atoms with Gasteiger partial charge in [-0.05, 0) is 58.4 Å². The lowest BCUT2D eigenvalue weighted by Gasteiger charge is -2.26. The lowest BCUT2D eigenvalue weighted by molar-refractivity contribution is -0.143. The fraction of sp³-hybridized carbons (Fsp3) is 0.692. The molecular weight excluding hydrogens is 408 g/mol. The number of ether oxygens (including phenoxy) is 1. The molecule has 174 valence electrons. The second-order valence-corrected chi connectivity index (χ2v) is 10.4. The number of hydrogen-bond donors (Lipinski definition) is 1. The van der Waals surface area contributed by atoms with Gasteiger partial charge < -0.3 is 9.84 Å². The Morgan fingerprint density at radius 2 is 1.90 bits per heavy atom. The van der Waals surface area contributed by atoms with Crippen molar-refractivity contribution in [2.24, 2.45) is 5.92 Å². The molecular formula is C26H40O4S. The van der Waals surface area contributed by atoms with Gasteiger partial charge in [-0.3, -0.25) is 9.59 Å². The standard InChI is InChI=1S/C26H40O4S/c1-4-30-25(28)10-8-6-5-7-9-22-23(27)15-16-24(22)31-19-26(3,29)18-17-21-13-11-20(2)12-14-21/h11-14,22,24,29H,4-10,15-19H2,1-3H3. The molecule has 1 fully saturated rings. The summed E-state index contributed by atoms with van der Waals surface area (Å²) < 4.78 is 4.95. The Balaban J connectivity index is 1.68. The number of hydrogen-bond acceptors (Lipinski definition) is 5. The largest absolute Gasteiger partial charge is 0.466 e. The zero-order valence-corrected chi connectivity index (χ0v) is 20.3. The van der Waals surface area contributed by atoms with E-state index in [-0.39, 0.29) is 11.9 Å². The van der Waals surface area contributed by atoms with E-state index < -0.39 is 5.60 Å². The zero-order chi connectivity index (χ0) is 22.7. The minimum atomic E-state index is -0.723. The molecule has 0 radical (unpaired) electrons. The Hall–Kier alpha value is -1.33. The van der Waals surface area contributed by atoms with E-state index >= 15 is 0 Å². The van der Waals surface area contributed by atoms with Crippen LogP contribution in [0.2, 0.25) is 0 Å². The summed E-state index contributed by atoms with van der Waals surface area (Å²) in [5, 5.41) is 11.2. The molecule has 1 aromatic rings. The highest BCUT2D eigenvalue weighted by Crippen LogP contribution is 2.37. The minimum Gasteiger partial charge on any atom is -0.466 e. The third-order valence-electron chi connectivity index (χ3n) is 6.17. The minimum absolute atomic E-state index is 0.112. The number of thioether (sulfide) groups is 1. The summed E-state index contributed by atoms with van der Waals surface area (Å²) >= 11 is 1.79. The molecule has 1 aromatic carbocycles. The maximum absolute atomic E-state index is 12.4. The predicted molar refractivity (Wildman–Crippen MR) is 128 cm³/mol. The van der Waals surface area contributed by atoms with Crippen molar-refractivity contribution in [3.8, 4) is 0 Å². The molecule has 0 aromatic heterocycles. The van der Waals surface area contributed by atoms with Gasteiger partial charge in [0.05, 0.1) is 12.2 Å². The molecule has 0 saturated heterocycles. The van der Waals surface area contributed by atoms with Gasteiger partial charge in [0.2, 0.25) is 0 Å². The van der Waals surface area contributed by atoms with Gasteiger partial charge in [-0.15, -0.1) is 0 Å². The summed E-state index contributed by atoms with van der Waals surface area (Å²) in [5.74, 6) is 1.08. The van der Waals surface area contributed by atoms with Gasteiger partial charge in [0.15, 0.2) is 0 Å². The van der Waals surface area contributed by atoms with Crippen LogP contribution in [0.25, 0.3) is 0 Å². The summed E-state index contributed by atoms with van der Waals surface area (Å²) in [6, 6.07) is 8.50. The van der Waals surface area contributed by atoms with Crippen LogP contribution in [0.15, 0.2) is 24.3 Å². The topological polar surface area (TPSA) is 63.6 Å². The number of Topliss-reactive ketones (excluding diaryl/α,β-unsaturated/α-hetero) is 1. The van der Waals surface area contributed by atoms with Crippen molar-refractivity contribution < 1.29 is 19.4 Å². The molecule has 4 nitrogen and oxygen atoms in total. The van der Waals surface area contributed by atoms with Crippen molar-refractivity contribution in [2.45, 2.75) is 95.8 Å². The maximum Gasteiger partial charge on any atom is 0.305 e. The Kier molecular flexibility index (Phi) is 11.1. The Bertz CT molecular complexity index is 683. The lowest BCUT2D eigenvalue weighted by Crippen LogP contribution is -2.30. The number of ketones is 1. The molecule has 1 saturated carbocycles. The first-order valence-electron chi connectivity index (χ1n) is 11.9. The van der Waals surface area contributed by atoms with E-state index in [1.165, 1.54) is 11.1 Å².